The molecule has 2 aromatic heterocycles. The van der Waals surface area contributed by atoms with Gasteiger partial charge in [0.15, 0.2) is 0 Å². The fraction of sp³-hybridized carbons (Fsp3) is 0.600. The summed E-state index contributed by atoms with van der Waals surface area (Å²) in [5, 5.41) is 0. The highest BCUT2D eigenvalue weighted by Crippen LogP contribution is 2.27. The largest absolute Gasteiger partial charge is 0.378 e. The molecule has 0 unspecified atom stereocenters. The number of H-pyrrole nitrogens is 1. The van der Waals surface area contributed by atoms with Crippen molar-refractivity contribution in [3.63, 3.8) is 0 Å². The van der Waals surface area contributed by atoms with Crippen LogP contribution in [0, 0.1) is 0 Å². The average molecular weight is 399 g/mol. The summed E-state index contributed by atoms with van der Waals surface area (Å²) in [6.45, 7) is 5.89. The van der Waals surface area contributed by atoms with E-state index in [0.29, 0.717) is 11.9 Å². The van der Waals surface area contributed by atoms with Gasteiger partial charge in [-0.2, -0.15) is 0 Å². The van der Waals surface area contributed by atoms with Gasteiger partial charge in [-0.25, -0.2) is 15.0 Å². The van der Waals surface area contributed by atoms with Crippen LogP contribution in [0.5, 0.6) is 0 Å². The number of anilines is 2. The maximum Gasteiger partial charge on any atom is 0.252 e. The van der Waals surface area contributed by atoms with E-state index in [1.54, 1.807) is 6.07 Å². The number of morpholine rings is 1. The summed E-state index contributed by atoms with van der Waals surface area (Å²) in [5.74, 6) is 1.73. The molecule has 4 heterocycles. The number of aromatic nitrogens is 4. The highest BCUT2D eigenvalue weighted by molar-refractivity contribution is 5.31. The molecule has 9 nitrogen and oxygen atoms in total. The zero-order valence-electron chi connectivity index (χ0n) is 17.2. The van der Waals surface area contributed by atoms with E-state index in [9.17, 15) is 4.79 Å². The van der Waals surface area contributed by atoms with E-state index in [0.717, 1.165) is 76.1 Å². The molecule has 29 heavy (non-hydrogen) atoms. The second-order valence-corrected chi connectivity index (χ2v) is 7.89. The monoisotopic (exact) mass is 399 g/mol. The van der Waals surface area contributed by atoms with Gasteiger partial charge in [-0.05, 0) is 32.0 Å². The number of aromatic amines is 1. The summed E-state index contributed by atoms with van der Waals surface area (Å²) in [4.78, 5) is 35.0. The van der Waals surface area contributed by atoms with Crippen molar-refractivity contribution in [1.29, 1.82) is 0 Å². The number of ether oxygens (including phenoxy) is 1. The molecular weight excluding hydrogens is 370 g/mol. The highest BCUT2D eigenvalue weighted by atomic mass is 16.5. The molecule has 0 bridgehead atoms. The summed E-state index contributed by atoms with van der Waals surface area (Å²) in [6, 6.07) is 3.64. The van der Waals surface area contributed by atoms with E-state index in [-0.39, 0.29) is 5.56 Å². The van der Waals surface area contributed by atoms with Gasteiger partial charge in [0.2, 0.25) is 11.9 Å². The van der Waals surface area contributed by atoms with Gasteiger partial charge in [-0.15, -0.1) is 0 Å². The highest BCUT2D eigenvalue weighted by Gasteiger charge is 2.23. The van der Waals surface area contributed by atoms with Gasteiger partial charge in [0.05, 0.1) is 24.6 Å². The molecule has 2 aliphatic rings. The molecule has 2 aromatic rings. The number of piperidine rings is 1. The van der Waals surface area contributed by atoms with Crippen LogP contribution >= 0.6 is 0 Å². The maximum absolute atomic E-state index is 12.0. The van der Waals surface area contributed by atoms with Crippen LogP contribution in [0.3, 0.4) is 0 Å². The lowest BCUT2D eigenvalue weighted by atomic mass is 9.93. The first-order chi connectivity index (χ1) is 14.1. The Kier molecular flexibility index (Phi) is 6.05. The molecule has 0 aliphatic carbocycles. The third kappa shape index (κ3) is 4.91. The minimum absolute atomic E-state index is 0.0854. The number of rotatable bonds is 5. The summed E-state index contributed by atoms with van der Waals surface area (Å²) >= 11 is 0. The fourth-order valence-corrected chi connectivity index (χ4v) is 3.89. The molecule has 0 amide bonds. The van der Waals surface area contributed by atoms with Crippen molar-refractivity contribution >= 4 is 11.9 Å². The van der Waals surface area contributed by atoms with Crippen LogP contribution < -0.4 is 15.4 Å². The first-order valence-electron chi connectivity index (χ1n) is 10.2. The third-order valence-corrected chi connectivity index (χ3v) is 5.56. The Balaban J connectivity index is 1.36. The van der Waals surface area contributed by atoms with Gasteiger partial charge in [0.1, 0.15) is 0 Å². The number of nitrogens with one attached hydrogen (secondary N) is 1. The van der Waals surface area contributed by atoms with Crippen LogP contribution in [0.2, 0.25) is 0 Å². The van der Waals surface area contributed by atoms with Crippen molar-refractivity contribution in [2.45, 2.75) is 25.3 Å². The lowest BCUT2D eigenvalue weighted by molar-refractivity contribution is 0.122. The van der Waals surface area contributed by atoms with Crippen LogP contribution in [0.1, 0.15) is 30.1 Å². The van der Waals surface area contributed by atoms with E-state index in [4.69, 9.17) is 9.72 Å². The molecule has 4 rings (SSSR count). The van der Waals surface area contributed by atoms with Crippen LogP contribution in [0.15, 0.2) is 23.1 Å². The molecule has 0 radical (unpaired) electrons. The van der Waals surface area contributed by atoms with Gasteiger partial charge in [-0.3, -0.25) is 14.7 Å². The van der Waals surface area contributed by atoms with E-state index in [2.05, 4.69) is 24.8 Å². The van der Waals surface area contributed by atoms with Crippen LogP contribution in [0.25, 0.3) is 0 Å². The maximum atomic E-state index is 12.0. The minimum atomic E-state index is -0.0854. The Morgan fingerprint density at radius 3 is 2.66 bits per heavy atom. The Morgan fingerprint density at radius 1 is 1.17 bits per heavy atom. The molecule has 156 valence electrons. The van der Waals surface area contributed by atoms with Gasteiger partial charge in [0, 0.05) is 51.9 Å². The van der Waals surface area contributed by atoms with Crippen molar-refractivity contribution in [1.82, 2.24) is 24.8 Å². The number of likely N-dealkylation sites (tertiary alicyclic amines) is 1. The second-order valence-electron chi connectivity index (χ2n) is 7.89. The molecule has 2 saturated heterocycles. The molecular formula is C20H29N7O2. The molecule has 0 spiro atoms. The zero-order chi connectivity index (χ0) is 20.2. The smallest absolute Gasteiger partial charge is 0.252 e. The lowest BCUT2D eigenvalue weighted by Gasteiger charge is -2.32. The lowest BCUT2D eigenvalue weighted by Crippen LogP contribution is -2.37. The SMILES string of the molecule is CN(C)c1nc(C2CCN(Cc3ccnc(N4CCOCC4)n3)CC2)cc(=O)[nH]1. The standard InChI is InChI=1S/C20H29N7O2/c1-25(2)20-23-17(13-18(28)24-20)15-4-7-26(8-5-15)14-16-3-6-21-19(22-16)27-9-11-29-12-10-27/h3,6,13,15H,4-5,7-12,14H2,1-2H3,(H,23,24,28). The van der Waals surface area contributed by atoms with Crippen molar-refractivity contribution in [3.8, 4) is 0 Å². The van der Waals surface area contributed by atoms with Crippen molar-refractivity contribution in [2.75, 3.05) is 63.3 Å². The Morgan fingerprint density at radius 2 is 1.93 bits per heavy atom. The zero-order valence-corrected chi connectivity index (χ0v) is 17.2. The molecule has 9 heteroatoms. The van der Waals surface area contributed by atoms with Gasteiger partial charge in [-0.1, -0.05) is 0 Å². The van der Waals surface area contributed by atoms with Crippen LogP contribution in [-0.2, 0) is 11.3 Å². The number of nitrogens with zero attached hydrogens (tertiary/aromatic N) is 6. The molecule has 0 saturated carbocycles. The van der Waals surface area contributed by atoms with E-state index < -0.39 is 0 Å². The second kappa shape index (κ2) is 8.87. The molecule has 0 atom stereocenters. The first-order valence-corrected chi connectivity index (χ1v) is 10.2. The normalized spacial score (nSPS) is 18.8. The predicted molar refractivity (Wildman–Crippen MR) is 112 cm³/mol. The molecule has 2 aliphatic heterocycles. The van der Waals surface area contributed by atoms with Crippen molar-refractivity contribution in [3.05, 3.63) is 40.1 Å². The predicted octanol–water partition coefficient (Wildman–Crippen LogP) is 0.842. The third-order valence-electron chi connectivity index (χ3n) is 5.56. The minimum Gasteiger partial charge on any atom is -0.378 e. The number of hydrogen-bond acceptors (Lipinski definition) is 8. The Hall–Kier alpha value is -2.52. The fourth-order valence-electron chi connectivity index (χ4n) is 3.89. The van der Waals surface area contributed by atoms with Crippen LogP contribution in [0.4, 0.5) is 11.9 Å². The van der Waals surface area contributed by atoms with Gasteiger partial charge < -0.3 is 14.5 Å². The van der Waals surface area contributed by atoms with E-state index in [1.165, 1.54) is 0 Å². The quantitative estimate of drug-likeness (QED) is 0.791. The summed E-state index contributed by atoms with van der Waals surface area (Å²) in [7, 11) is 3.77. The number of hydrogen-bond donors (Lipinski definition) is 1. The van der Waals surface area contributed by atoms with Gasteiger partial charge >= 0.3 is 0 Å². The van der Waals surface area contributed by atoms with Crippen molar-refractivity contribution < 1.29 is 4.74 Å². The summed E-state index contributed by atoms with van der Waals surface area (Å²) in [6.07, 6.45) is 3.83. The summed E-state index contributed by atoms with van der Waals surface area (Å²) in [5.41, 5.74) is 1.86. The molecule has 0 aromatic carbocycles. The van der Waals surface area contributed by atoms with Crippen molar-refractivity contribution in [2.24, 2.45) is 0 Å². The molecule has 1 N–H and O–H groups in total. The summed E-state index contributed by atoms with van der Waals surface area (Å²) < 4.78 is 5.41. The molecule has 2 fully saturated rings. The Bertz CT molecular complexity index is 871. The first kappa shape index (κ1) is 19.8. The van der Waals surface area contributed by atoms with Crippen LogP contribution in [-0.4, -0.2) is 78.3 Å². The topological polar surface area (TPSA) is 90.5 Å². The van der Waals surface area contributed by atoms with Gasteiger partial charge in [0.25, 0.3) is 5.56 Å². The Labute approximate surface area is 170 Å². The average Bonchev–Trinajstić information content (AvgIpc) is 2.75. The van der Waals surface area contributed by atoms with E-state index >= 15 is 0 Å². The van der Waals surface area contributed by atoms with E-state index in [1.807, 2.05) is 31.3 Å².